The van der Waals surface area contributed by atoms with Gasteiger partial charge in [-0.3, -0.25) is 0 Å². The van der Waals surface area contributed by atoms with E-state index in [1.54, 1.807) is 13.4 Å². The minimum absolute atomic E-state index is 0.291. The number of nitrogens with one attached hydrogen (secondary N) is 2. The Labute approximate surface area is 128 Å². The van der Waals surface area contributed by atoms with Gasteiger partial charge >= 0.3 is 0 Å². The van der Waals surface area contributed by atoms with Gasteiger partial charge < -0.3 is 10.6 Å². The molecule has 0 radical (unpaired) electrons. The fraction of sp³-hybridized carbons (Fsp3) is 0.583. The first-order valence-corrected chi connectivity index (χ1v) is 8.01. The van der Waals surface area contributed by atoms with Gasteiger partial charge in [-0.25, -0.2) is 4.98 Å². The quantitative estimate of drug-likeness (QED) is 0.708. The number of aromatic nitrogens is 6. The van der Waals surface area contributed by atoms with Gasteiger partial charge in [0.1, 0.15) is 12.7 Å². The van der Waals surface area contributed by atoms with E-state index >= 15 is 0 Å². The van der Waals surface area contributed by atoms with Gasteiger partial charge in [0, 0.05) is 13.1 Å². The Morgan fingerprint density at radius 3 is 2.76 bits per heavy atom. The monoisotopic (exact) mass is 308 g/mol. The summed E-state index contributed by atoms with van der Waals surface area (Å²) in [7, 11) is 1.77. The first-order valence-electron chi connectivity index (χ1n) is 6.86. The summed E-state index contributed by atoms with van der Waals surface area (Å²) in [6.07, 6.45) is 4.05. The van der Waals surface area contributed by atoms with E-state index < -0.39 is 0 Å². The Morgan fingerprint density at radius 2 is 2.10 bits per heavy atom. The Bertz CT molecular complexity index is 544. The number of hydrogen-bond acceptors (Lipinski definition) is 8. The fourth-order valence-corrected chi connectivity index (χ4v) is 2.46. The number of anilines is 2. The van der Waals surface area contributed by atoms with E-state index in [1.807, 2.05) is 11.8 Å². The van der Waals surface area contributed by atoms with E-state index in [4.69, 9.17) is 0 Å². The fourth-order valence-electron chi connectivity index (χ4n) is 1.65. The van der Waals surface area contributed by atoms with Crippen LogP contribution >= 0.6 is 11.8 Å². The lowest BCUT2D eigenvalue weighted by Gasteiger charge is -2.14. The molecule has 9 heteroatoms. The molecule has 2 aromatic rings. The van der Waals surface area contributed by atoms with Crippen LogP contribution in [0.1, 0.15) is 20.3 Å². The first-order chi connectivity index (χ1) is 10.2. The standard InChI is InChI=1S/C12H20N8S/c1-4-21-6-5-9(2)16-11-17-10(13-3)18-12(19-11)20-8-14-7-15-20/h7-9H,4-6H2,1-3H3,(H2,13,16,17,18,19). The van der Waals surface area contributed by atoms with E-state index in [9.17, 15) is 0 Å². The van der Waals surface area contributed by atoms with Crippen LogP contribution in [0.25, 0.3) is 5.95 Å². The highest BCUT2D eigenvalue weighted by Crippen LogP contribution is 2.11. The van der Waals surface area contributed by atoms with Crippen molar-refractivity contribution in [1.82, 2.24) is 29.7 Å². The molecule has 2 N–H and O–H groups in total. The second-order valence-corrected chi connectivity index (χ2v) is 5.80. The zero-order valence-corrected chi connectivity index (χ0v) is 13.3. The Balaban J connectivity index is 2.10. The van der Waals surface area contributed by atoms with Crippen molar-refractivity contribution in [3.05, 3.63) is 12.7 Å². The van der Waals surface area contributed by atoms with E-state index in [0.717, 1.165) is 17.9 Å². The van der Waals surface area contributed by atoms with Crippen LogP contribution in [0.3, 0.4) is 0 Å². The van der Waals surface area contributed by atoms with Crippen molar-refractivity contribution in [3.63, 3.8) is 0 Å². The molecule has 2 heterocycles. The third-order valence-corrected chi connectivity index (χ3v) is 3.68. The zero-order valence-electron chi connectivity index (χ0n) is 12.4. The van der Waals surface area contributed by atoms with Gasteiger partial charge in [0.2, 0.25) is 11.9 Å². The lowest BCUT2D eigenvalue weighted by Crippen LogP contribution is -2.19. The van der Waals surface area contributed by atoms with Crippen molar-refractivity contribution in [1.29, 1.82) is 0 Å². The predicted octanol–water partition coefficient (Wildman–Crippen LogP) is 1.44. The van der Waals surface area contributed by atoms with Crippen LogP contribution in [0.2, 0.25) is 0 Å². The molecular weight excluding hydrogens is 288 g/mol. The van der Waals surface area contributed by atoms with Crippen LogP contribution < -0.4 is 10.6 Å². The van der Waals surface area contributed by atoms with Gasteiger partial charge in [0.15, 0.2) is 0 Å². The molecule has 0 aliphatic carbocycles. The van der Waals surface area contributed by atoms with Crippen molar-refractivity contribution in [2.24, 2.45) is 0 Å². The SMILES string of the molecule is CCSCCC(C)Nc1nc(NC)nc(-n2cncn2)n1. The Hall–Kier alpha value is -1.90. The third-order valence-electron chi connectivity index (χ3n) is 2.75. The molecule has 0 fully saturated rings. The van der Waals surface area contributed by atoms with Crippen LogP contribution in [0.15, 0.2) is 12.7 Å². The molecule has 1 atom stereocenters. The minimum atomic E-state index is 0.291. The number of thioether (sulfide) groups is 1. The number of nitrogens with zero attached hydrogens (tertiary/aromatic N) is 6. The zero-order chi connectivity index (χ0) is 15.1. The molecule has 2 rings (SSSR count). The topological polar surface area (TPSA) is 93.4 Å². The molecule has 1 unspecified atom stereocenters. The van der Waals surface area contributed by atoms with Gasteiger partial charge in [-0.1, -0.05) is 6.92 Å². The first kappa shape index (κ1) is 15.5. The average Bonchev–Trinajstić information content (AvgIpc) is 3.01. The summed E-state index contributed by atoms with van der Waals surface area (Å²) in [6, 6.07) is 0.291. The highest BCUT2D eigenvalue weighted by atomic mass is 32.2. The van der Waals surface area contributed by atoms with E-state index in [2.05, 4.69) is 49.5 Å². The van der Waals surface area contributed by atoms with Gasteiger partial charge in [-0.05, 0) is 24.9 Å². The van der Waals surface area contributed by atoms with Gasteiger partial charge in [-0.15, -0.1) is 0 Å². The van der Waals surface area contributed by atoms with E-state index in [1.165, 1.54) is 11.0 Å². The highest BCUT2D eigenvalue weighted by Gasteiger charge is 2.10. The van der Waals surface area contributed by atoms with Gasteiger partial charge in [0.05, 0.1) is 0 Å². The van der Waals surface area contributed by atoms with Crippen molar-refractivity contribution >= 4 is 23.7 Å². The molecule has 114 valence electrons. The van der Waals surface area contributed by atoms with Gasteiger partial charge in [0.25, 0.3) is 5.95 Å². The van der Waals surface area contributed by atoms with Crippen molar-refractivity contribution in [2.75, 3.05) is 29.2 Å². The molecule has 2 aromatic heterocycles. The molecule has 0 saturated heterocycles. The Morgan fingerprint density at radius 1 is 1.29 bits per heavy atom. The molecule has 8 nitrogen and oxygen atoms in total. The van der Waals surface area contributed by atoms with Gasteiger partial charge in [-0.2, -0.15) is 36.5 Å². The molecule has 0 amide bonds. The van der Waals surface area contributed by atoms with Crippen molar-refractivity contribution in [3.8, 4) is 5.95 Å². The van der Waals surface area contributed by atoms with E-state index in [0.29, 0.717) is 23.9 Å². The lowest BCUT2D eigenvalue weighted by molar-refractivity contribution is 0.745. The van der Waals surface area contributed by atoms with Crippen LogP contribution in [-0.2, 0) is 0 Å². The molecule has 0 aliphatic heterocycles. The van der Waals surface area contributed by atoms with Crippen LogP contribution in [-0.4, -0.2) is 54.3 Å². The molecule has 0 bridgehead atoms. The van der Waals surface area contributed by atoms with Crippen LogP contribution in [0.5, 0.6) is 0 Å². The molecule has 0 aliphatic rings. The van der Waals surface area contributed by atoms with Crippen molar-refractivity contribution < 1.29 is 0 Å². The molecule has 0 aromatic carbocycles. The second-order valence-electron chi connectivity index (χ2n) is 4.40. The average molecular weight is 308 g/mol. The summed E-state index contributed by atoms with van der Waals surface area (Å²) in [5.74, 6) is 3.72. The predicted molar refractivity (Wildman–Crippen MR) is 85.0 cm³/mol. The van der Waals surface area contributed by atoms with E-state index in [-0.39, 0.29) is 0 Å². The summed E-state index contributed by atoms with van der Waals surface area (Å²) >= 11 is 1.93. The number of hydrogen-bond donors (Lipinski definition) is 2. The second kappa shape index (κ2) is 7.77. The Kier molecular flexibility index (Phi) is 5.73. The summed E-state index contributed by atoms with van der Waals surface area (Å²) < 4.78 is 1.51. The largest absolute Gasteiger partial charge is 0.357 e. The number of rotatable bonds is 8. The molecule has 0 spiro atoms. The molecule has 0 saturated carbocycles. The summed E-state index contributed by atoms with van der Waals surface area (Å²) in [6.45, 7) is 4.28. The van der Waals surface area contributed by atoms with Crippen LogP contribution in [0.4, 0.5) is 11.9 Å². The lowest BCUT2D eigenvalue weighted by atomic mass is 10.3. The summed E-state index contributed by atoms with van der Waals surface area (Å²) in [5, 5.41) is 10.3. The summed E-state index contributed by atoms with van der Waals surface area (Å²) in [4.78, 5) is 16.9. The maximum atomic E-state index is 4.37. The normalized spacial score (nSPS) is 12.1. The molecule has 21 heavy (non-hydrogen) atoms. The highest BCUT2D eigenvalue weighted by molar-refractivity contribution is 7.99. The molecular formula is C12H20N8S. The maximum Gasteiger partial charge on any atom is 0.258 e. The maximum absolute atomic E-state index is 4.37. The van der Waals surface area contributed by atoms with Crippen LogP contribution in [0, 0.1) is 0 Å². The summed E-state index contributed by atoms with van der Waals surface area (Å²) in [5.41, 5.74) is 0. The minimum Gasteiger partial charge on any atom is -0.357 e. The smallest absolute Gasteiger partial charge is 0.258 e. The third kappa shape index (κ3) is 4.55. The van der Waals surface area contributed by atoms with Crippen molar-refractivity contribution in [2.45, 2.75) is 26.3 Å².